The third kappa shape index (κ3) is 6.23. The van der Waals surface area contributed by atoms with Gasteiger partial charge in [0.15, 0.2) is 27.8 Å². The standard InChI is InChI=1S/C30H32BrClN2O7S/c1-8-39-22-14-19(31)18(13-21(22)37-6)26-25(29(36)40-9-2)16(5)33-30-34(26)28(35)24(42-30)12-17-10-20(32)27(41-15(3)4)23(11-17)38-7/h10-15,26H,8-9H2,1-7H3/b24-12+/t26-/m1/s1. The maximum atomic E-state index is 14.1. The molecular formula is C30H32BrClN2O7S. The maximum absolute atomic E-state index is 14.1. The highest BCUT2D eigenvalue weighted by molar-refractivity contribution is 9.10. The lowest BCUT2D eigenvalue weighted by Gasteiger charge is -2.26. The van der Waals surface area contributed by atoms with Gasteiger partial charge in [0.05, 0.1) is 60.4 Å². The Morgan fingerprint density at radius 2 is 1.83 bits per heavy atom. The van der Waals surface area contributed by atoms with Crippen molar-refractivity contribution < 1.29 is 28.5 Å². The quantitative estimate of drug-likeness (QED) is 0.264. The van der Waals surface area contributed by atoms with Gasteiger partial charge >= 0.3 is 5.97 Å². The fourth-order valence-electron chi connectivity index (χ4n) is 4.60. The van der Waals surface area contributed by atoms with Gasteiger partial charge in [-0.1, -0.05) is 38.9 Å². The topological polar surface area (TPSA) is 97.6 Å². The molecule has 2 heterocycles. The van der Waals surface area contributed by atoms with Crippen LogP contribution in [0.4, 0.5) is 0 Å². The summed E-state index contributed by atoms with van der Waals surface area (Å²) in [5, 5.41) is 0.353. The van der Waals surface area contributed by atoms with E-state index in [1.807, 2.05) is 20.8 Å². The van der Waals surface area contributed by atoms with Crippen LogP contribution in [0.15, 0.2) is 49.8 Å². The molecule has 0 radical (unpaired) electrons. The number of allylic oxidation sites excluding steroid dienone is 1. The van der Waals surface area contributed by atoms with Gasteiger partial charge in [-0.05, 0) is 76.1 Å². The van der Waals surface area contributed by atoms with Crippen LogP contribution in [0.1, 0.15) is 51.8 Å². The van der Waals surface area contributed by atoms with Gasteiger partial charge in [0.1, 0.15) is 0 Å². The molecule has 0 fully saturated rings. The van der Waals surface area contributed by atoms with E-state index in [-0.39, 0.29) is 23.8 Å². The van der Waals surface area contributed by atoms with Crippen LogP contribution in [-0.4, -0.2) is 44.1 Å². The van der Waals surface area contributed by atoms with Crippen molar-refractivity contribution in [1.82, 2.24) is 4.57 Å². The fourth-order valence-corrected chi connectivity index (χ4v) is 6.45. The minimum Gasteiger partial charge on any atom is -0.493 e. The lowest BCUT2D eigenvalue weighted by Crippen LogP contribution is -2.40. The smallest absolute Gasteiger partial charge is 0.338 e. The molecule has 0 amide bonds. The number of hydrogen-bond acceptors (Lipinski definition) is 9. The first-order valence-electron chi connectivity index (χ1n) is 13.3. The number of benzene rings is 2. The minimum atomic E-state index is -0.846. The molecule has 1 atom stereocenters. The minimum absolute atomic E-state index is 0.108. The molecule has 42 heavy (non-hydrogen) atoms. The van der Waals surface area contributed by atoms with Gasteiger partial charge in [-0.3, -0.25) is 9.36 Å². The van der Waals surface area contributed by atoms with Gasteiger partial charge in [0.25, 0.3) is 5.56 Å². The van der Waals surface area contributed by atoms with Crippen LogP contribution in [0.3, 0.4) is 0 Å². The number of thiazole rings is 1. The zero-order valence-corrected chi connectivity index (χ0v) is 27.5. The van der Waals surface area contributed by atoms with Crippen molar-refractivity contribution in [3.05, 3.63) is 75.8 Å². The molecule has 2 aromatic carbocycles. The first-order valence-corrected chi connectivity index (χ1v) is 15.3. The predicted octanol–water partition coefficient (Wildman–Crippen LogP) is 5.42. The number of esters is 1. The number of aromatic nitrogens is 1. The Morgan fingerprint density at radius 3 is 2.45 bits per heavy atom. The summed E-state index contributed by atoms with van der Waals surface area (Å²) in [6, 6.07) is 6.14. The van der Waals surface area contributed by atoms with Crippen molar-refractivity contribution in [2.75, 3.05) is 27.4 Å². The van der Waals surface area contributed by atoms with Gasteiger partial charge in [-0.2, -0.15) is 0 Å². The predicted molar refractivity (Wildman–Crippen MR) is 166 cm³/mol. The number of methoxy groups -OCH3 is 2. The highest BCUT2D eigenvalue weighted by Gasteiger charge is 2.35. The summed E-state index contributed by atoms with van der Waals surface area (Å²) in [7, 11) is 3.06. The van der Waals surface area contributed by atoms with Crippen LogP contribution in [0.5, 0.6) is 23.0 Å². The van der Waals surface area contributed by atoms with E-state index in [4.69, 9.17) is 35.3 Å². The summed E-state index contributed by atoms with van der Waals surface area (Å²) in [6.07, 6.45) is 1.61. The van der Waals surface area contributed by atoms with Gasteiger partial charge in [-0.15, -0.1) is 0 Å². The summed E-state index contributed by atoms with van der Waals surface area (Å²) in [6.45, 7) is 9.72. The molecule has 0 spiro atoms. The molecule has 0 N–H and O–H groups in total. The van der Waals surface area contributed by atoms with E-state index in [0.29, 0.717) is 65.3 Å². The first kappa shape index (κ1) is 31.7. The second-order valence-corrected chi connectivity index (χ2v) is 11.7. The van der Waals surface area contributed by atoms with Crippen LogP contribution >= 0.6 is 38.9 Å². The lowest BCUT2D eigenvalue weighted by atomic mass is 9.95. The normalized spacial score (nSPS) is 14.9. The van der Waals surface area contributed by atoms with Crippen LogP contribution in [0, 0.1) is 0 Å². The van der Waals surface area contributed by atoms with E-state index in [0.717, 1.165) is 0 Å². The molecule has 4 rings (SSSR count). The number of halogens is 2. The number of carbonyl (C=O) groups excluding carboxylic acids is 1. The molecule has 1 aliphatic heterocycles. The number of nitrogens with zero attached hydrogens (tertiary/aromatic N) is 2. The average molecular weight is 680 g/mol. The van der Waals surface area contributed by atoms with Gasteiger partial charge in [-0.25, -0.2) is 9.79 Å². The average Bonchev–Trinajstić information content (AvgIpc) is 3.23. The number of hydrogen-bond donors (Lipinski definition) is 0. The van der Waals surface area contributed by atoms with E-state index in [9.17, 15) is 9.59 Å². The summed E-state index contributed by atoms with van der Waals surface area (Å²) in [4.78, 5) is 32.4. The van der Waals surface area contributed by atoms with Crippen LogP contribution < -0.4 is 33.8 Å². The summed E-state index contributed by atoms with van der Waals surface area (Å²) >= 11 is 11.4. The van der Waals surface area contributed by atoms with E-state index < -0.39 is 12.0 Å². The van der Waals surface area contributed by atoms with E-state index in [1.54, 1.807) is 44.2 Å². The van der Waals surface area contributed by atoms with E-state index >= 15 is 0 Å². The molecule has 12 heteroatoms. The zero-order valence-electron chi connectivity index (χ0n) is 24.4. The molecule has 3 aromatic rings. The Balaban J connectivity index is 1.97. The van der Waals surface area contributed by atoms with Crippen LogP contribution in [0.25, 0.3) is 6.08 Å². The molecular weight excluding hydrogens is 648 g/mol. The highest BCUT2D eigenvalue weighted by Crippen LogP contribution is 2.41. The number of rotatable bonds is 10. The largest absolute Gasteiger partial charge is 0.493 e. The fraction of sp³-hybridized carbons (Fsp3) is 0.367. The highest BCUT2D eigenvalue weighted by atomic mass is 79.9. The molecule has 0 unspecified atom stereocenters. The summed E-state index contributed by atoms with van der Waals surface area (Å²) < 4.78 is 30.6. The number of ether oxygens (including phenoxy) is 5. The molecule has 0 bridgehead atoms. The molecule has 0 saturated heterocycles. The van der Waals surface area contributed by atoms with Crippen molar-refractivity contribution in [2.45, 2.75) is 46.8 Å². The molecule has 224 valence electrons. The van der Waals surface area contributed by atoms with Crippen molar-refractivity contribution in [3.8, 4) is 23.0 Å². The van der Waals surface area contributed by atoms with E-state index in [2.05, 4.69) is 20.9 Å². The van der Waals surface area contributed by atoms with Crippen molar-refractivity contribution in [3.63, 3.8) is 0 Å². The molecule has 0 saturated carbocycles. The second kappa shape index (κ2) is 13.4. The van der Waals surface area contributed by atoms with Gasteiger partial charge in [0.2, 0.25) is 0 Å². The molecule has 0 aliphatic carbocycles. The van der Waals surface area contributed by atoms with Crippen molar-refractivity contribution in [2.24, 2.45) is 4.99 Å². The molecule has 9 nitrogen and oxygen atoms in total. The van der Waals surface area contributed by atoms with Gasteiger partial charge in [0, 0.05) is 4.47 Å². The third-order valence-corrected chi connectivity index (χ3v) is 8.25. The lowest BCUT2D eigenvalue weighted by molar-refractivity contribution is -0.139. The van der Waals surface area contributed by atoms with Gasteiger partial charge < -0.3 is 23.7 Å². The Bertz CT molecular complexity index is 1730. The maximum Gasteiger partial charge on any atom is 0.338 e. The second-order valence-electron chi connectivity index (χ2n) is 9.46. The van der Waals surface area contributed by atoms with Crippen LogP contribution in [0.2, 0.25) is 5.02 Å². The molecule has 1 aliphatic rings. The Morgan fingerprint density at radius 1 is 1.12 bits per heavy atom. The number of carbonyl (C=O) groups is 1. The number of fused-ring (bicyclic) bond motifs is 1. The third-order valence-electron chi connectivity index (χ3n) is 6.30. The van der Waals surface area contributed by atoms with E-state index in [1.165, 1.54) is 30.1 Å². The zero-order chi connectivity index (χ0) is 30.7. The monoisotopic (exact) mass is 678 g/mol. The van der Waals surface area contributed by atoms with Crippen molar-refractivity contribution >= 4 is 50.9 Å². The summed E-state index contributed by atoms with van der Waals surface area (Å²) in [5.74, 6) is 1.29. The SMILES string of the molecule is CCOC(=O)C1=C(C)N=c2s/c(=C/c3cc(Cl)c(OC(C)C)c(OC)c3)c(=O)n2[C@@H]1c1cc(OC)c(OCC)cc1Br. The van der Waals surface area contributed by atoms with Crippen molar-refractivity contribution in [1.29, 1.82) is 0 Å². The Kier molecular flexibility index (Phi) is 10.1. The molecule has 1 aromatic heterocycles. The summed E-state index contributed by atoms with van der Waals surface area (Å²) in [5.41, 5.74) is 1.61. The first-order chi connectivity index (χ1) is 20.0. The Hall–Kier alpha value is -3.28. The Labute approximate surface area is 261 Å². The van der Waals surface area contributed by atoms with Crippen LogP contribution in [-0.2, 0) is 9.53 Å².